The summed E-state index contributed by atoms with van der Waals surface area (Å²) in [6, 6.07) is 0.842. The molecule has 2 unspecified atom stereocenters. The van der Waals surface area contributed by atoms with Crippen molar-refractivity contribution >= 4 is 11.9 Å². The summed E-state index contributed by atoms with van der Waals surface area (Å²) in [4.78, 5) is 19.0. The zero-order valence-electron chi connectivity index (χ0n) is 19.0. The van der Waals surface area contributed by atoms with E-state index in [0.29, 0.717) is 18.2 Å². The molecule has 0 aromatic rings. The Bertz CT molecular complexity index is 563. The number of aliphatic imine (C=N–C) groups is 1. The van der Waals surface area contributed by atoms with Gasteiger partial charge in [-0.05, 0) is 46.0 Å². The van der Waals surface area contributed by atoms with Gasteiger partial charge in [0.1, 0.15) is 0 Å². The molecule has 2 aliphatic carbocycles. The number of nitrogens with one attached hydrogen (secondary N) is 2. The largest absolute Gasteiger partial charge is 0.378 e. The molecular formula is C23H42N4O2. The number of likely N-dealkylation sites (tertiary alicyclic amines) is 1. The number of nitrogens with zero attached hydrogens (tertiary/aromatic N) is 2. The smallest absolute Gasteiger partial charge is 0.225 e. The summed E-state index contributed by atoms with van der Waals surface area (Å²) >= 11 is 0. The van der Waals surface area contributed by atoms with Crippen molar-refractivity contribution in [2.75, 3.05) is 26.2 Å². The molecule has 1 spiro atoms. The van der Waals surface area contributed by atoms with Gasteiger partial charge in [0.2, 0.25) is 5.91 Å². The van der Waals surface area contributed by atoms with Crippen LogP contribution in [0.2, 0.25) is 0 Å². The molecule has 29 heavy (non-hydrogen) atoms. The van der Waals surface area contributed by atoms with E-state index in [0.717, 1.165) is 51.5 Å². The number of carbonyl (C=O) groups excluding carboxylic acids is 1. The number of ether oxygens (including phenoxy) is 1. The molecule has 3 aliphatic rings. The van der Waals surface area contributed by atoms with Crippen LogP contribution < -0.4 is 10.6 Å². The van der Waals surface area contributed by atoms with Gasteiger partial charge < -0.3 is 20.3 Å². The Kier molecular flexibility index (Phi) is 7.83. The van der Waals surface area contributed by atoms with Crippen molar-refractivity contribution in [1.29, 1.82) is 0 Å². The van der Waals surface area contributed by atoms with Gasteiger partial charge in [-0.1, -0.05) is 33.1 Å². The first-order valence-corrected chi connectivity index (χ1v) is 12.0. The molecule has 3 fully saturated rings. The topological polar surface area (TPSA) is 66.0 Å². The maximum Gasteiger partial charge on any atom is 0.225 e. The van der Waals surface area contributed by atoms with Gasteiger partial charge in [-0.15, -0.1) is 0 Å². The minimum Gasteiger partial charge on any atom is -0.378 e. The molecule has 0 aromatic heterocycles. The number of piperidine rings is 1. The van der Waals surface area contributed by atoms with Gasteiger partial charge in [0.25, 0.3) is 0 Å². The number of hydrogen-bond donors (Lipinski definition) is 2. The van der Waals surface area contributed by atoms with Gasteiger partial charge in [-0.25, -0.2) is 0 Å². The van der Waals surface area contributed by atoms with Gasteiger partial charge in [-0.3, -0.25) is 9.79 Å². The minimum atomic E-state index is 0.0852. The second-order valence-corrected chi connectivity index (χ2v) is 9.39. The van der Waals surface area contributed by atoms with Crippen molar-refractivity contribution in [2.24, 2.45) is 16.3 Å². The monoisotopic (exact) mass is 406 g/mol. The number of hydrogen-bond acceptors (Lipinski definition) is 3. The number of carbonyl (C=O) groups is 1. The fourth-order valence-electron chi connectivity index (χ4n) is 5.52. The molecule has 2 N–H and O–H groups in total. The average molecular weight is 407 g/mol. The number of rotatable bonds is 6. The molecule has 6 heteroatoms. The first-order valence-electron chi connectivity index (χ1n) is 12.0. The van der Waals surface area contributed by atoms with E-state index in [1.165, 1.54) is 32.1 Å². The van der Waals surface area contributed by atoms with Gasteiger partial charge in [0.15, 0.2) is 5.96 Å². The Labute approximate surface area is 177 Å². The lowest BCUT2D eigenvalue weighted by Gasteiger charge is -2.58. The zero-order valence-corrected chi connectivity index (χ0v) is 19.0. The molecule has 1 aliphatic heterocycles. The Balaban J connectivity index is 1.56. The highest BCUT2D eigenvalue weighted by Gasteiger charge is 2.56. The third-order valence-corrected chi connectivity index (χ3v) is 7.21. The van der Waals surface area contributed by atoms with E-state index in [-0.39, 0.29) is 17.2 Å². The van der Waals surface area contributed by atoms with Crippen molar-refractivity contribution in [3.05, 3.63) is 0 Å². The molecule has 3 rings (SSSR count). The van der Waals surface area contributed by atoms with Crippen molar-refractivity contribution in [2.45, 2.75) is 97.2 Å². The summed E-state index contributed by atoms with van der Waals surface area (Å²) in [5, 5.41) is 7.45. The summed E-state index contributed by atoms with van der Waals surface area (Å²) in [6.07, 6.45) is 9.98. The fourth-order valence-corrected chi connectivity index (χ4v) is 5.52. The Morgan fingerprint density at radius 2 is 1.83 bits per heavy atom. The van der Waals surface area contributed by atoms with Crippen LogP contribution in [0.3, 0.4) is 0 Å². The normalized spacial score (nSPS) is 27.8. The lowest BCUT2D eigenvalue weighted by atomic mass is 9.55. The van der Waals surface area contributed by atoms with E-state index in [4.69, 9.17) is 9.73 Å². The Hall–Kier alpha value is -1.30. The molecule has 1 heterocycles. The molecule has 1 saturated heterocycles. The third kappa shape index (κ3) is 5.07. The van der Waals surface area contributed by atoms with Gasteiger partial charge in [-0.2, -0.15) is 0 Å². The van der Waals surface area contributed by atoms with Crippen molar-refractivity contribution in [3.8, 4) is 0 Å². The maximum atomic E-state index is 12.2. The van der Waals surface area contributed by atoms with Crippen LogP contribution in [0, 0.1) is 11.3 Å². The first-order chi connectivity index (χ1) is 14.0. The van der Waals surface area contributed by atoms with Gasteiger partial charge >= 0.3 is 0 Å². The molecule has 166 valence electrons. The standard InChI is InChI=1S/C23H42N4O2/c1-5-24-22(25-18-10-14-27(15-11-18)21(28)17(3)4)26-19-16-20(29-6-2)23(19)12-8-7-9-13-23/h17-20H,5-16H2,1-4H3,(H2,24,25,26). The molecule has 0 radical (unpaired) electrons. The van der Waals surface area contributed by atoms with Crippen LogP contribution in [-0.2, 0) is 9.53 Å². The summed E-state index contributed by atoms with van der Waals surface area (Å²) in [5.41, 5.74) is 0.289. The summed E-state index contributed by atoms with van der Waals surface area (Å²) in [7, 11) is 0. The first kappa shape index (κ1) is 22.4. The van der Waals surface area contributed by atoms with E-state index in [9.17, 15) is 4.79 Å². The van der Waals surface area contributed by atoms with Crippen molar-refractivity contribution in [3.63, 3.8) is 0 Å². The molecule has 0 bridgehead atoms. The van der Waals surface area contributed by atoms with E-state index in [1.54, 1.807) is 0 Å². The lowest BCUT2D eigenvalue weighted by molar-refractivity contribution is -0.145. The third-order valence-electron chi connectivity index (χ3n) is 7.21. The van der Waals surface area contributed by atoms with Crippen molar-refractivity contribution < 1.29 is 9.53 Å². The minimum absolute atomic E-state index is 0.0852. The molecular weight excluding hydrogens is 364 g/mol. The van der Waals surface area contributed by atoms with Crippen LogP contribution in [0.5, 0.6) is 0 Å². The molecule has 6 nitrogen and oxygen atoms in total. The highest BCUT2D eigenvalue weighted by atomic mass is 16.5. The molecule has 2 atom stereocenters. The van der Waals surface area contributed by atoms with Gasteiger partial charge in [0.05, 0.1) is 6.10 Å². The van der Waals surface area contributed by atoms with Gasteiger partial charge in [0, 0.05) is 49.7 Å². The number of amides is 1. The second kappa shape index (κ2) is 10.1. The predicted octanol–water partition coefficient (Wildman–Crippen LogP) is 3.32. The summed E-state index contributed by atoms with van der Waals surface area (Å²) in [6.45, 7) is 11.4. The average Bonchev–Trinajstić information content (AvgIpc) is 2.73. The highest BCUT2D eigenvalue weighted by molar-refractivity contribution is 5.81. The fraction of sp³-hybridized carbons (Fsp3) is 0.913. The molecule has 1 amide bonds. The zero-order chi connectivity index (χ0) is 20.9. The Morgan fingerprint density at radius 1 is 1.14 bits per heavy atom. The summed E-state index contributed by atoms with van der Waals surface area (Å²) < 4.78 is 6.11. The van der Waals surface area contributed by atoms with Crippen LogP contribution >= 0.6 is 0 Å². The van der Waals surface area contributed by atoms with E-state index in [2.05, 4.69) is 24.5 Å². The van der Waals surface area contributed by atoms with Crippen LogP contribution in [0.4, 0.5) is 0 Å². The van der Waals surface area contributed by atoms with Crippen LogP contribution in [0.25, 0.3) is 0 Å². The Morgan fingerprint density at radius 3 is 2.41 bits per heavy atom. The van der Waals surface area contributed by atoms with E-state index < -0.39 is 0 Å². The maximum absolute atomic E-state index is 12.2. The number of guanidine groups is 1. The predicted molar refractivity (Wildman–Crippen MR) is 118 cm³/mol. The van der Waals surface area contributed by atoms with E-state index >= 15 is 0 Å². The SMILES string of the molecule is CCN=C(NC1CCN(C(=O)C(C)C)CC1)NC1CC(OCC)C12CCCCC2. The van der Waals surface area contributed by atoms with E-state index in [1.807, 2.05) is 18.7 Å². The molecule has 0 aromatic carbocycles. The lowest BCUT2D eigenvalue weighted by Crippen LogP contribution is -2.67. The van der Waals surface area contributed by atoms with Crippen molar-refractivity contribution in [1.82, 2.24) is 15.5 Å². The van der Waals surface area contributed by atoms with Crippen LogP contribution in [0.15, 0.2) is 4.99 Å². The van der Waals surface area contributed by atoms with Crippen LogP contribution in [-0.4, -0.2) is 61.2 Å². The highest BCUT2D eigenvalue weighted by Crippen LogP contribution is 2.53. The quantitative estimate of drug-likeness (QED) is 0.525. The van der Waals surface area contributed by atoms with Crippen LogP contribution in [0.1, 0.15) is 79.1 Å². The second-order valence-electron chi connectivity index (χ2n) is 9.39. The molecule has 2 saturated carbocycles. The summed E-state index contributed by atoms with van der Waals surface area (Å²) in [5.74, 6) is 1.31.